The van der Waals surface area contributed by atoms with Crippen LogP contribution >= 0.6 is 23.4 Å². The summed E-state index contributed by atoms with van der Waals surface area (Å²) >= 11 is 7.71. The molecule has 0 spiro atoms. The van der Waals surface area contributed by atoms with Crippen molar-refractivity contribution in [1.29, 1.82) is 0 Å². The van der Waals surface area contributed by atoms with E-state index < -0.39 is 0 Å². The highest BCUT2D eigenvalue weighted by atomic mass is 35.5. The number of thioether (sulfide) groups is 1. The maximum Gasteiger partial charge on any atom is 0.292 e. The number of hydrogen-bond donors (Lipinski definition) is 1. The zero-order valence-electron chi connectivity index (χ0n) is 14.9. The third kappa shape index (κ3) is 7.72. The smallest absolute Gasteiger partial charge is 0.292 e. The van der Waals surface area contributed by atoms with E-state index in [0.29, 0.717) is 17.2 Å². The molecule has 0 heterocycles. The number of ether oxygens (including phenoxy) is 1. The Morgan fingerprint density at radius 1 is 1.15 bits per heavy atom. The molecule has 0 saturated heterocycles. The summed E-state index contributed by atoms with van der Waals surface area (Å²) in [6, 6.07) is 15.6. The van der Waals surface area contributed by atoms with E-state index in [1.54, 1.807) is 11.8 Å². The van der Waals surface area contributed by atoms with Gasteiger partial charge in [-0.25, -0.2) is 5.43 Å². The first-order valence-corrected chi connectivity index (χ1v) is 9.43. The Kier molecular flexibility index (Phi) is 10.1. The molecule has 1 amide bonds. The summed E-state index contributed by atoms with van der Waals surface area (Å²) in [5.74, 6) is 0.768. The van der Waals surface area contributed by atoms with E-state index in [1.165, 1.54) is 19.6 Å². The van der Waals surface area contributed by atoms with Crippen LogP contribution < -0.4 is 5.43 Å². The summed E-state index contributed by atoms with van der Waals surface area (Å²) in [6.45, 7) is 1.81. The van der Waals surface area contributed by atoms with Crippen LogP contribution in [0.15, 0.2) is 53.6 Å². The Balaban J connectivity index is 0.000000765. The number of carbonyl (C=O) groups excluding carboxylic acids is 2. The molecule has 0 fully saturated rings. The topological polar surface area (TPSA) is 67.8 Å². The molecular formula is C19H21ClN2O3S. The van der Waals surface area contributed by atoms with Crippen LogP contribution in [0.5, 0.6) is 0 Å². The van der Waals surface area contributed by atoms with Crippen LogP contribution in [0.25, 0.3) is 0 Å². The van der Waals surface area contributed by atoms with Gasteiger partial charge in [0.05, 0.1) is 12.8 Å². The third-order valence-electron chi connectivity index (χ3n) is 3.08. The molecular weight excluding hydrogens is 372 g/mol. The van der Waals surface area contributed by atoms with Gasteiger partial charge in [-0.1, -0.05) is 48.0 Å². The fraction of sp³-hybridized carbons (Fsp3) is 0.211. The minimum Gasteiger partial charge on any atom is -0.471 e. The fourth-order valence-electron chi connectivity index (χ4n) is 1.96. The number of hydrogen-bond acceptors (Lipinski definition) is 5. The van der Waals surface area contributed by atoms with Crippen LogP contribution in [0.2, 0.25) is 5.02 Å². The Morgan fingerprint density at radius 2 is 1.65 bits per heavy atom. The highest BCUT2D eigenvalue weighted by molar-refractivity contribution is 7.97. The van der Waals surface area contributed by atoms with Gasteiger partial charge in [0, 0.05) is 28.8 Å². The number of nitrogens with zero attached hydrogens (tertiary/aromatic N) is 1. The first-order chi connectivity index (χ1) is 12.5. The number of hydrazone groups is 1. The summed E-state index contributed by atoms with van der Waals surface area (Å²) in [4.78, 5) is 20.1. The Bertz CT molecular complexity index is 731. The number of methoxy groups -OCH3 is 1. The molecule has 0 aromatic heterocycles. The van der Waals surface area contributed by atoms with Crippen molar-refractivity contribution in [3.63, 3.8) is 0 Å². The maximum atomic E-state index is 11.2. The zero-order chi connectivity index (χ0) is 19.4. The van der Waals surface area contributed by atoms with E-state index in [0.717, 1.165) is 16.9 Å². The SMILES string of the molecule is COC=O.CSCc1ccc(/C(=N\NC(C)=O)c2ccc(Cl)cc2)cc1. The van der Waals surface area contributed by atoms with Crippen LogP contribution in [0, 0.1) is 0 Å². The molecule has 5 nitrogen and oxygen atoms in total. The first kappa shape index (κ1) is 21.7. The predicted octanol–water partition coefficient (Wildman–Crippen LogP) is 3.88. The second-order valence-corrected chi connectivity index (χ2v) is 6.40. The monoisotopic (exact) mass is 392 g/mol. The molecule has 0 saturated carbocycles. The minimum absolute atomic E-state index is 0.203. The van der Waals surface area contributed by atoms with Crippen molar-refractivity contribution in [1.82, 2.24) is 5.43 Å². The van der Waals surface area contributed by atoms with Crippen molar-refractivity contribution < 1.29 is 14.3 Å². The number of rotatable bonds is 6. The number of carbonyl (C=O) groups is 2. The molecule has 2 aromatic rings. The quantitative estimate of drug-likeness (QED) is 0.460. The standard InChI is InChI=1S/C17H17ClN2OS.C2H4O2/c1-12(21)19-20-17(15-7-9-16(18)10-8-15)14-5-3-13(4-6-14)11-22-2;1-4-2-3/h3-10H,11H2,1-2H3,(H,19,21);2H,1H3/b20-17+;. The van der Waals surface area contributed by atoms with Gasteiger partial charge in [0.25, 0.3) is 6.47 Å². The molecule has 0 aliphatic rings. The third-order valence-corrected chi connectivity index (χ3v) is 3.95. The zero-order valence-corrected chi connectivity index (χ0v) is 16.4. The van der Waals surface area contributed by atoms with Gasteiger partial charge in [-0.3, -0.25) is 9.59 Å². The molecule has 0 radical (unpaired) electrons. The summed E-state index contributed by atoms with van der Waals surface area (Å²) in [5.41, 5.74) is 6.32. The highest BCUT2D eigenvalue weighted by Crippen LogP contribution is 2.16. The molecule has 0 unspecified atom stereocenters. The lowest BCUT2D eigenvalue weighted by atomic mass is 10.0. The lowest BCUT2D eigenvalue weighted by Gasteiger charge is -2.09. The molecule has 2 rings (SSSR count). The van der Waals surface area contributed by atoms with Gasteiger partial charge in [-0.05, 0) is 24.0 Å². The molecule has 2 aromatic carbocycles. The van der Waals surface area contributed by atoms with Gasteiger partial charge in [-0.2, -0.15) is 16.9 Å². The van der Waals surface area contributed by atoms with Crippen molar-refractivity contribution in [2.45, 2.75) is 12.7 Å². The van der Waals surface area contributed by atoms with E-state index in [9.17, 15) is 4.79 Å². The Hall–Kier alpha value is -2.31. The summed E-state index contributed by atoms with van der Waals surface area (Å²) in [6.07, 6.45) is 2.07. The average molecular weight is 393 g/mol. The van der Waals surface area contributed by atoms with Gasteiger partial charge in [-0.15, -0.1) is 0 Å². The fourth-order valence-corrected chi connectivity index (χ4v) is 2.62. The molecule has 0 aliphatic carbocycles. The summed E-state index contributed by atoms with van der Waals surface area (Å²) < 4.78 is 3.86. The van der Waals surface area contributed by atoms with E-state index in [1.807, 2.05) is 36.4 Å². The summed E-state index contributed by atoms with van der Waals surface area (Å²) in [7, 11) is 1.31. The van der Waals surface area contributed by atoms with Crippen LogP contribution in [-0.2, 0) is 20.1 Å². The average Bonchev–Trinajstić information content (AvgIpc) is 2.65. The van der Waals surface area contributed by atoms with Crippen molar-refractivity contribution in [3.8, 4) is 0 Å². The van der Waals surface area contributed by atoms with Crippen LogP contribution in [0.1, 0.15) is 23.6 Å². The van der Waals surface area contributed by atoms with Crippen LogP contribution in [0.4, 0.5) is 0 Å². The van der Waals surface area contributed by atoms with E-state index >= 15 is 0 Å². The van der Waals surface area contributed by atoms with Gasteiger partial charge in [0.1, 0.15) is 0 Å². The molecule has 7 heteroatoms. The number of amides is 1. The first-order valence-electron chi connectivity index (χ1n) is 7.66. The molecule has 0 aliphatic heterocycles. The van der Waals surface area contributed by atoms with Gasteiger partial charge in [0.2, 0.25) is 5.91 Å². The summed E-state index contributed by atoms with van der Waals surface area (Å²) in [5, 5.41) is 4.90. The van der Waals surface area contributed by atoms with Gasteiger partial charge < -0.3 is 4.74 Å². The van der Waals surface area contributed by atoms with Crippen LogP contribution in [0.3, 0.4) is 0 Å². The number of nitrogens with one attached hydrogen (secondary N) is 1. The van der Waals surface area contributed by atoms with Crippen molar-refractivity contribution in [2.24, 2.45) is 5.10 Å². The molecule has 0 bridgehead atoms. The highest BCUT2D eigenvalue weighted by Gasteiger charge is 2.08. The van der Waals surface area contributed by atoms with E-state index in [2.05, 4.69) is 33.7 Å². The van der Waals surface area contributed by atoms with Crippen molar-refractivity contribution in [2.75, 3.05) is 13.4 Å². The Morgan fingerprint density at radius 3 is 2.08 bits per heavy atom. The number of benzene rings is 2. The second kappa shape index (κ2) is 12.1. The largest absolute Gasteiger partial charge is 0.471 e. The normalized spacial score (nSPS) is 10.4. The second-order valence-electron chi connectivity index (χ2n) is 5.10. The van der Waals surface area contributed by atoms with Crippen LogP contribution in [-0.4, -0.2) is 31.5 Å². The molecule has 0 atom stereocenters. The minimum atomic E-state index is -0.203. The predicted molar refractivity (Wildman–Crippen MR) is 108 cm³/mol. The van der Waals surface area contributed by atoms with Gasteiger partial charge in [0.15, 0.2) is 0 Å². The molecule has 1 N–H and O–H groups in total. The van der Waals surface area contributed by atoms with E-state index in [-0.39, 0.29) is 5.91 Å². The maximum absolute atomic E-state index is 11.2. The molecule has 26 heavy (non-hydrogen) atoms. The lowest BCUT2D eigenvalue weighted by Crippen LogP contribution is -2.17. The van der Waals surface area contributed by atoms with E-state index in [4.69, 9.17) is 16.4 Å². The Labute approximate surface area is 162 Å². The lowest BCUT2D eigenvalue weighted by molar-refractivity contribution is -0.126. The molecule has 138 valence electrons. The van der Waals surface area contributed by atoms with Gasteiger partial charge >= 0.3 is 0 Å². The van der Waals surface area contributed by atoms with Crippen molar-refractivity contribution in [3.05, 3.63) is 70.2 Å². The van der Waals surface area contributed by atoms with Crippen molar-refractivity contribution >= 4 is 41.5 Å². The number of halogens is 1.